The largest absolute Gasteiger partial charge is 0.496 e. The summed E-state index contributed by atoms with van der Waals surface area (Å²) in [5, 5.41) is 6.81. The lowest BCUT2D eigenvalue weighted by atomic mass is 9.77. The number of carbonyl (C=O) groups excluding carboxylic acids is 2. The molecule has 2 fully saturated rings. The van der Waals surface area contributed by atoms with Crippen LogP contribution in [0.3, 0.4) is 0 Å². The third kappa shape index (κ3) is 4.22. The van der Waals surface area contributed by atoms with E-state index >= 15 is 0 Å². The van der Waals surface area contributed by atoms with Gasteiger partial charge in [-0.3, -0.25) is 19.7 Å². The Morgan fingerprint density at radius 1 is 1.27 bits per heavy atom. The molecule has 2 aliphatic rings. The lowest BCUT2D eigenvalue weighted by Crippen LogP contribution is -2.47. The quantitative estimate of drug-likeness (QED) is 0.536. The number of aliphatic imine (C=N–C) groups is 1. The first-order chi connectivity index (χ1) is 15.9. The van der Waals surface area contributed by atoms with Crippen molar-refractivity contribution in [1.82, 2.24) is 15.1 Å². The molecule has 1 aromatic carbocycles. The molecule has 2 amide bonds. The molecule has 3 heterocycles. The molecule has 9 heteroatoms. The van der Waals surface area contributed by atoms with Crippen molar-refractivity contribution in [3.05, 3.63) is 42.4 Å². The van der Waals surface area contributed by atoms with Gasteiger partial charge in [0, 0.05) is 61.5 Å². The number of aromatic nitrogens is 2. The molecule has 2 aromatic rings. The van der Waals surface area contributed by atoms with Crippen LogP contribution in [0.5, 0.6) is 5.75 Å². The molecule has 0 aliphatic carbocycles. The van der Waals surface area contributed by atoms with Crippen molar-refractivity contribution < 1.29 is 14.3 Å². The number of allylic oxidation sites excluding steroid dienone is 1. The first-order valence-corrected chi connectivity index (χ1v) is 11.1. The number of H-pyrrole nitrogens is 1. The Hall–Kier alpha value is -3.62. The molecule has 0 atom stereocenters. The maximum Gasteiger partial charge on any atom is 0.269 e. The average molecular weight is 451 g/mol. The lowest BCUT2D eigenvalue weighted by Gasteiger charge is -2.38. The van der Waals surface area contributed by atoms with E-state index in [9.17, 15) is 9.59 Å². The number of hydrogen-bond acceptors (Lipinski definition) is 6. The third-order valence-corrected chi connectivity index (χ3v) is 6.79. The first kappa shape index (κ1) is 22.6. The van der Waals surface area contributed by atoms with Crippen LogP contribution in [-0.4, -0.2) is 66.4 Å². The van der Waals surface area contributed by atoms with Gasteiger partial charge in [-0.1, -0.05) is 0 Å². The smallest absolute Gasteiger partial charge is 0.269 e. The third-order valence-electron chi connectivity index (χ3n) is 6.79. The Bertz CT molecular complexity index is 1100. The molecular weight excluding hydrogens is 420 g/mol. The second kappa shape index (κ2) is 9.09. The van der Waals surface area contributed by atoms with Gasteiger partial charge in [0.15, 0.2) is 0 Å². The van der Waals surface area contributed by atoms with Gasteiger partial charge in [-0.25, -0.2) is 0 Å². The summed E-state index contributed by atoms with van der Waals surface area (Å²) < 4.78 is 5.59. The summed E-state index contributed by atoms with van der Waals surface area (Å²) in [6.45, 7) is 3.47. The fourth-order valence-electron chi connectivity index (χ4n) is 4.69. The van der Waals surface area contributed by atoms with Gasteiger partial charge in [0.1, 0.15) is 5.75 Å². The highest BCUT2D eigenvalue weighted by Gasteiger charge is 2.49. The fraction of sp³-hybridized carbons (Fsp3) is 0.417. The van der Waals surface area contributed by atoms with Crippen molar-refractivity contribution in [3.8, 4) is 16.9 Å². The van der Waals surface area contributed by atoms with Crippen LogP contribution in [0.4, 0.5) is 5.69 Å². The van der Waals surface area contributed by atoms with E-state index in [0.29, 0.717) is 43.9 Å². The molecule has 1 spiro atoms. The molecule has 0 unspecified atom stereocenters. The van der Waals surface area contributed by atoms with Crippen molar-refractivity contribution >= 4 is 23.2 Å². The summed E-state index contributed by atoms with van der Waals surface area (Å²) >= 11 is 0. The summed E-state index contributed by atoms with van der Waals surface area (Å²) in [5.74, 6) is 0.608. The number of amides is 2. The molecule has 2 saturated heterocycles. The van der Waals surface area contributed by atoms with Gasteiger partial charge in [0.05, 0.1) is 24.4 Å². The SMILES string of the molecule is CN=C(C)C=C(N)C(=O)N1CCC2(CC1)CCN(c1ccc(-c3cn[nH]c3)c(OC)c1)C2=O. The van der Waals surface area contributed by atoms with E-state index in [-0.39, 0.29) is 17.5 Å². The number of nitrogens with two attached hydrogens (primary N) is 1. The van der Waals surface area contributed by atoms with Crippen molar-refractivity contribution in [1.29, 1.82) is 0 Å². The number of methoxy groups -OCH3 is 1. The van der Waals surface area contributed by atoms with Crippen LogP contribution < -0.4 is 15.4 Å². The standard InChI is InChI=1S/C24H30N6O3/c1-16(26-2)12-20(25)22(31)29-9-6-24(7-10-29)8-11-30(23(24)32)18-4-5-19(21(13-18)33-3)17-14-27-28-15-17/h4-5,12-15H,6-11,25H2,1-3H3,(H,27,28). The molecule has 4 rings (SSSR count). The van der Waals surface area contributed by atoms with Crippen LogP contribution in [0, 0.1) is 5.41 Å². The average Bonchev–Trinajstić information content (AvgIpc) is 3.48. The molecule has 0 saturated carbocycles. The first-order valence-electron chi connectivity index (χ1n) is 11.1. The zero-order valence-electron chi connectivity index (χ0n) is 19.3. The molecule has 33 heavy (non-hydrogen) atoms. The van der Waals surface area contributed by atoms with E-state index in [2.05, 4.69) is 15.2 Å². The molecule has 9 nitrogen and oxygen atoms in total. The number of carbonyl (C=O) groups is 2. The van der Waals surface area contributed by atoms with Gasteiger partial charge < -0.3 is 20.3 Å². The number of piperidine rings is 1. The maximum absolute atomic E-state index is 13.5. The predicted octanol–water partition coefficient (Wildman–Crippen LogP) is 2.36. The van der Waals surface area contributed by atoms with Crippen molar-refractivity contribution in [2.24, 2.45) is 16.1 Å². The number of anilines is 1. The molecule has 174 valence electrons. The zero-order valence-corrected chi connectivity index (χ0v) is 19.3. The van der Waals surface area contributed by atoms with Gasteiger partial charge in [-0.05, 0) is 44.4 Å². The van der Waals surface area contributed by atoms with Crippen LogP contribution >= 0.6 is 0 Å². The number of rotatable bonds is 5. The summed E-state index contributed by atoms with van der Waals surface area (Å²) in [6, 6.07) is 5.81. The second-order valence-electron chi connectivity index (χ2n) is 8.62. The molecule has 2 aliphatic heterocycles. The van der Waals surface area contributed by atoms with E-state index in [0.717, 1.165) is 23.2 Å². The van der Waals surface area contributed by atoms with Crippen molar-refractivity contribution in [3.63, 3.8) is 0 Å². The monoisotopic (exact) mass is 450 g/mol. The Morgan fingerprint density at radius 2 is 2.00 bits per heavy atom. The van der Waals surface area contributed by atoms with Crippen LogP contribution in [0.1, 0.15) is 26.2 Å². The van der Waals surface area contributed by atoms with Gasteiger partial charge in [0.25, 0.3) is 5.91 Å². The molecular formula is C24H30N6O3. The van der Waals surface area contributed by atoms with Crippen molar-refractivity contribution in [2.45, 2.75) is 26.2 Å². The highest BCUT2D eigenvalue weighted by molar-refractivity contribution is 6.03. The summed E-state index contributed by atoms with van der Waals surface area (Å²) in [7, 11) is 3.28. The predicted molar refractivity (Wildman–Crippen MR) is 127 cm³/mol. The molecule has 1 aromatic heterocycles. The summed E-state index contributed by atoms with van der Waals surface area (Å²) in [4.78, 5) is 33.8. The minimum atomic E-state index is -0.438. The van der Waals surface area contributed by atoms with Gasteiger partial charge in [0.2, 0.25) is 5.91 Å². The summed E-state index contributed by atoms with van der Waals surface area (Å²) in [5.41, 5.74) is 9.06. The van der Waals surface area contributed by atoms with Gasteiger partial charge in [-0.15, -0.1) is 0 Å². The highest BCUT2D eigenvalue weighted by Crippen LogP contribution is 2.44. The lowest BCUT2D eigenvalue weighted by molar-refractivity contribution is -0.135. The Labute approximate surface area is 193 Å². The number of ether oxygens (including phenoxy) is 1. The molecule has 3 N–H and O–H groups in total. The van der Waals surface area contributed by atoms with E-state index in [1.807, 2.05) is 23.1 Å². The molecule has 0 radical (unpaired) electrons. The Kier molecular flexibility index (Phi) is 6.22. The van der Waals surface area contributed by atoms with E-state index in [4.69, 9.17) is 10.5 Å². The zero-order chi connectivity index (χ0) is 23.6. The number of aromatic amines is 1. The van der Waals surface area contributed by atoms with Crippen LogP contribution in [0.15, 0.2) is 47.4 Å². The topological polar surface area (TPSA) is 117 Å². The fourth-order valence-corrected chi connectivity index (χ4v) is 4.69. The number of hydrogen-bond donors (Lipinski definition) is 2. The minimum absolute atomic E-state index is 0.116. The normalized spacial score (nSPS) is 18.8. The Morgan fingerprint density at radius 3 is 2.64 bits per heavy atom. The van der Waals surface area contributed by atoms with Crippen LogP contribution in [-0.2, 0) is 9.59 Å². The van der Waals surface area contributed by atoms with Crippen molar-refractivity contribution in [2.75, 3.05) is 38.7 Å². The summed E-state index contributed by atoms with van der Waals surface area (Å²) in [6.07, 6.45) is 7.17. The van der Waals surface area contributed by atoms with E-state index < -0.39 is 5.41 Å². The van der Waals surface area contributed by atoms with Gasteiger partial charge >= 0.3 is 0 Å². The van der Waals surface area contributed by atoms with Gasteiger partial charge in [-0.2, -0.15) is 5.10 Å². The Balaban J connectivity index is 1.47. The number of nitrogens with one attached hydrogen (secondary N) is 1. The van der Waals surface area contributed by atoms with Crippen LogP contribution in [0.25, 0.3) is 11.1 Å². The minimum Gasteiger partial charge on any atom is -0.496 e. The second-order valence-corrected chi connectivity index (χ2v) is 8.62. The highest BCUT2D eigenvalue weighted by atomic mass is 16.5. The van der Waals surface area contributed by atoms with E-state index in [1.54, 1.807) is 44.5 Å². The van der Waals surface area contributed by atoms with E-state index in [1.165, 1.54) is 0 Å². The number of benzene rings is 1. The number of nitrogens with zero attached hydrogens (tertiary/aromatic N) is 4. The van der Waals surface area contributed by atoms with Crippen LogP contribution in [0.2, 0.25) is 0 Å². The molecule has 0 bridgehead atoms. The maximum atomic E-state index is 13.5. The number of likely N-dealkylation sites (tertiary alicyclic amines) is 1.